The van der Waals surface area contributed by atoms with Crippen molar-refractivity contribution in [3.63, 3.8) is 0 Å². The lowest BCUT2D eigenvalue weighted by molar-refractivity contribution is -0.137. The molecule has 9 heteroatoms. The number of halogens is 3. The van der Waals surface area contributed by atoms with Crippen LogP contribution in [0.15, 0.2) is 97.3 Å². The molecular formula is C32H24F3N3O3. The van der Waals surface area contributed by atoms with Crippen LogP contribution >= 0.6 is 0 Å². The quantitative estimate of drug-likeness (QED) is 0.233. The number of fused-ring (bicyclic) bond motifs is 1. The van der Waals surface area contributed by atoms with E-state index in [-0.39, 0.29) is 18.0 Å². The maximum Gasteiger partial charge on any atom is 0.416 e. The standard InChI is InChI=1S/C32H24F3N3O3/c33-32(34,35)25-12-10-24(11-13-25)31(14-15-31)27-18-37-38-19-23(21-4-2-1-3-5-21)16-26(28(27)38)29(39)36-17-20-6-8-22(9-7-20)30(40)41/h1-13,16,18-19H,14-15,17H2,(H,36,39)(H,40,41). The van der Waals surface area contributed by atoms with Gasteiger partial charge in [0, 0.05) is 29.3 Å². The van der Waals surface area contributed by atoms with Gasteiger partial charge in [0.15, 0.2) is 0 Å². The topological polar surface area (TPSA) is 83.7 Å². The van der Waals surface area contributed by atoms with E-state index in [9.17, 15) is 22.8 Å². The summed E-state index contributed by atoms with van der Waals surface area (Å²) in [6.45, 7) is 0.175. The number of pyridine rings is 1. The summed E-state index contributed by atoms with van der Waals surface area (Å²) < 4.78 is 41.3. The molecule has 2 heterocycles. The van der Waals surface area contributed by atoms with E-state index in [2.05, 4.69) is 10.4 Å². The average molecular weight is 556 g/mol. The van der Waals surface area contributed by atoms with Crippen molar-refractivity contribution >= 4 is 17.4 Å². The monoisotopic (exact) mass is 555 g/mol. The van der Waals surface area contributed by atoms with Gasteiger partial charge in [0.2, 0.25) is 0 Å². The van der Waals surface area contributed by atoms with Crippen LogP contribution in [-0.4, -0.2) is 26.6 Å². The molecule has 6 nitrogen and oxygen atoms in total. The summed E-state index contributed by atoms with van der Waals surface area (Å²) in [6.07, 6.45) is 0.565. The molecular weight excluding hydrogens is 531 g/mol. The fourth-order valence-corrected chi connectivity index (χ4v) is 5.29. The molecule has 1 aliphatic rings. The molecule has 3 aromatic carbocycles. The first kappa shape index (κ1) is 26.3. The number of amides is 1. The number of hydrogen-bond donors (Lipinski definition) is 2. The third-order valence-electron chi connectivity index (χ3n) is 7.65. The van der Waals surface area contributed by atoms with Crippen LogP contribution < -0.4 is 5.32 Å². The van der Waals surface area contributed by atoms with Crippen LogP contribution in [0.4, 0.5) is 13.2 Å². The number of aromatic carboxylic acids is 1. The number of aromatic nitrogens is 2. The third-order valence-corrected chi connectivity index (χ3v) is 7.65. The highest BCUT2D eigenvalue weighted by molar-refractivity contribution is 6.03. The van der Waals surface area contributed by atoms with Gasteiger partial charge in [-0.15, -0.1) is 0 Å². The summed E-state index contributed by atoms with van der Waals surface area (Å²) in [5.74, 6) is -1.38. The number of hydrogen-bond acceptors (Lipinski definition) is 3. The highest BCUT2D eigenvalue weighted by Gasteiger charge is 2.48. The molecule has 1 fully saturated rings. The summed E-state index contributed by atoms with van der Waals surface area (Å²) in [6, 6.07) is 22.8. The van der Waals surface area contributed by atoms with E-state index < -0.39 is 23.1 Å². The van der Waals surface area contributed by atoms with Gasteiger partial charge in [0.25, 0.3) is 5.91 Å². The fourth-order valence-electron chi connectivity index (χ4n) is 5.29. The minimum Gasteiger partial charge on any atom is -0.478 e. The van der Waals surface area contributed by atoms with Crippen molar-refractivity contribution in [3.05, 3.63) is 131 Å². The molecule has 2 aromatic heterocycles. The zero-order chi connectivity index (χ0) is 28.8. The van der Waals surface area contributed by atoms with Crippen molar-refractivity contribution < 1.29 is 27.9 Å². The number of benzene rings is 3. The Morgan fingerprint density at radius 3 is 2.22 bits per heavy atom. The van der Waals surface area contributed by atoms with E-state index in [1.807, 2.05) is 42.6 Å². The molecule has 0 saturated heterocycles. The van der Waals surface area contributed by atoms with Crippen molar-refractivity contribution in [2.24, 2.45) is 0 Å². The van der Waals surface area contributed by atoms with Gasteiger partial charge in [0.05, 0.1) is 28.4 Å². The van der Waals surface area contributed by atoms with Gasteiger partial charge < -0.3 is 10.4 Å². The molecule has 0 spiro atoms. The van der Waals surface area contributed by atoms with E-state index in [4.69, 9.17) is 5.11 Å². The molecule has 0 radical (unpaired) electrons. The van der Waals surface area contributed by atoms with Crippen LogP contribution in [0, 0.1) is 0 Å². The van der Waals surface area contributed by atoms with Crippen LogP contribution in [0.1, 0.15) is 55.8 Å². The minimum absolute atomic E-state index is 0.152. The van der Waals surface area contributed by atoms with Crippen molar-refractivity contribution in [3.8, 4) is 11.1 Å². The number of carboxylic acid groups (broad SMARTS) is 1. The molecule has 1 saturated carbocycles. The molecule has 41 heavy (non-hydrogen) atoms. The summed E-state index contributed by atoms with van der Waals surface area (Å²) in [7, 11) is 0. The van der Waals surface area contributed by atoms with Crippen molar-refractivity contribution in [1.82, 2.24) is 14.9 Å². The van der Waals surface area contributed by atoms with Gasteiger partial charge in [-0.05, 0) is 59.9 Å². The Morgan fingerprint density at radius 1 is 0.927 bits per heavy atom. The zero-order valence-corrected chi connectivity index (χ0v) is 21.7. The smallest absolute Gasteiger partial charge is 0.416 e. The number of alkyl halides is 3. The molecule has 0 atom stereocenters. The predicted octanol–water partition coefficient (Wildman–Crippen LogP) is 6.73. The maximum atomic E-state index is 13.7. The summed E-state index contributed by atoms with van der Waals surface area (Å²) in [4.78, 5) is 24.9. The van der Waals surface area contributed by atoms with E-state index in [0.29, 0.717) is 11.1 Å². The number of carbonyl (C=O) groups excluding carboxylic acids is 1. The first-order chi connectivity index (χ1) is 19.7. The van der Waals surface area contributed by atoms with Crippen LogP contribution in [-0.2, 0) is 18.1 Å². The molecule has 1 amide bonds. The van der Waals surface area contributed by atoms with E-state index in [0.717, 1.165) is 52.8 Å². The van der Waals surface area contributed by atoms with Crippen molar-refractivity contribution in [2.45, 2.75) is 31.0 Å². The van der Waals surface area contributed by atoms with E-state index >= 15 is 0 Å². The highest BCUT2D eigenvalue weighted by atomic mass is 19.4. The maximum absolute atomic E-state index is 13.7. The number of rotatable bonds is 7. The minimum atomic E-state index is -4.42. The van der Waals surface area contributed by atoms with Crippen molar-refractivity contribution in [2.75, 3.05) is 0 Å². The Labute approximate surface area is 233 Å². The summed E-state index contributed by atoms with van der Waals surface area (Å²) in [5.41, 5.74) is 3.83. The lowest BCUT2D eigenvalue weighted by atomic mass is 9.87. The third kappa shape index (κ3) is 4.95. The Hall–Kier alpha value is -4.92. The van der Waals surface area contributed by atoms with Crippen LogP contribution in [0.3, 0.4) is 0 Å². The SMILES string of the molecule is O=C(O)c1ccc(CNC(=O)c2cc(-c3ccccc3)cn3ncc(C4(c5ccc(C(F)(F)F)cc5)CC4)c23)cc1. The number of nitrogens with zero attached hydrogens (tertiary/aromatic N) is 2. The van der Waals surface area contributed by atoms with E-state index in [1.165, 1.54) is 24.3 Å². The normalized spacial score (nSPS) is 14.1. The molecule has 206 valence electrons. The van der Waals surface area contributed by atoms with Crippen LogP contribution in [0.25, 0.3) is 16.6 Å². The van der Waals surface area contributed by atoms with Gasteiger partial charge in [-0.2, -0.15) is 18.3 Å². The van der Waals surface area contributed by atoms with Crippen molar-refractivity contribution in [1.29, 1.82) is 0 Å². The molecule has 0 aliphatic heterocycles. The van der Waals surface area contributed by atoms with Crippen LogP contribution in [0.5, 0.6) is 0 Å². The number of carbonyl (C=O) groups is 2. The second kappa shape index (κ2) is 9.92. The van der Waals surface area contributed by atoms with E-state index in [1.54, 1.807) is 22.8 Å². The molecule has 5 aromatic rings. The predicted molar refractivity (Wildman–Crippen MR) is 147 cm³/mol. The molecule has 0 bridgehead atoms. The lowest BCUT2D eigenvalue weighted by Gasteiger charge is -2.18. The van der Waals surface area contributed by atoms with Crippen LogP contribution in [0.2, 0.25) is 0 Å². The first-order valence-corrected chi connectivity index (χ1v) is 13.0. The second-order valence-corrected chi connectivity index (χ2v) is 10.2. The molecule has 2 N–H and O–H groups in total. The number of nitrogens with one attached hydrogen (secondary N) is 1. The Kier molecular flexibility index (Phi) is 6.37. The lowest BCUT2D eigenvalue weighted by Crippen LogP contribution is -2.24. The largest absolute Gasteiger partial charge is 0.478 e. The highest BCUT2D eigenvalue weighted by Crippen LogP contribution is 2.55. The fraction of sp³-hybridized carbons (Fsp3) is 0.156. The Morgan fingerprint density at radius 2 is 1.61 bits per heavy atom. The number of carboxylic acids is 1. The van der Waals surface area contributed by atoms with Gasteiger partial charge in [-0.3, -0.25) is 4.79 Å². The Bertz CT molecular complexity index is 1760. The Balaban J connectivity index is 1.40. The molecule has 0 unspecified atom stereocenters. The molecule has 1 aliphatic carbocycles. The second-order valence-electron chi connectivity index (χ2n) is 10.2. The van der Waals surface area contributed by atoms with Gasteiger partial charge >= 0.3 is 12.1 Å². The summed E-state index contributed by atoms with van der Waals surface area (Å²) in [5, 5.41) is 16.7. The average Bonchev–Trinajstić information content (AvgIpc) is 3.67. The first-order valence-electron chi connectivity index (χ1n) is 13.0. The van der Waals surface area contributed by atoms with Gasteiger partial charge in [0.1, 0.15) is 0 Å². The van der Waals surface area contributed by atoms with Gasteiger partial charge in [-0.1, -0.05) is 54.6 Å². The molecule has 6 rings (SSSR count). The van der Waals surface area contributed by atoms with Gasteiger partial charge in [-0.25, -0.2) is 9.31 Å². The summed E-state index contributed by atoms with van der Waals surface area (Å²) >= 11 is 0. The zero-order valence-electron chi connectivity index (χ0n) is 21.7.